The van der Waals surface area contributed by atoms with Crippen LogP contribution in [0.5, 0.6) is 0 Å². The fourth-order valence-electron chi connectivity index (χ4n) is 2.46. The van der Waals surface area contributed by atoms with E-state index >= 15 is 0 Å². The average Bonchev–Trinajstić information content (AvgIpc) is 2.31. The summed E-state index contributed by atoms with van der Waals surface area (Å²) in [6, 6.07) is 0. The molecule has 0 saturated carbocycles. The van der Waals surface area contributed by atoms with E-state index < -0.39 is 5.97 Å². The minimum absolute atomic E-state index is 0.0861. The molecule has 1 unspecified atom stereocenters. The van der Waals surface area contributed by atoms with Gasteiger partial charge < -0.3 is 5.11 Å². The van der Waals surface area contributed by atoms with E-state index in [1.54, 1.807) is 0 Å². The van der Waals surface area contributed by atoms with Crippen LogP contribution in [-0.4, -0.2) is 34.3 Å². The van der Waals surface area contributed by atoms with Gasteiger partial charge in [-0.15, -0.1) is 0 Å². The largest absolute Gasteiger partial charge is 0.481 e. The highest BCUT2D eigenvalue weighted by atomic mass is 16.4. The second-order valence-electron chi connectivity index (χ2n) is 5.52. The van der Waals surface area contributed by atoms with Crippen LogP contribution < -0.4 is 0 Å². The lowest BCUT2D eigenvalue weighted by Gasteiger charge is -2.28. The molecule has 19 heavy (non-hydrogen) atoms. The van der Waals surface area contributed by atoms with Crippen LogP contribution in [0.15, 0.2) is 0 Å². The molecule has 1 atom stereocenters. The maximum Gasteiger partial charge on any atom is 0.303 e. The number of imide groups is 1. The summed E-state index contributed by atoms with van der Waals surface area (Å²) < 4.78 is 0. The molecular weight excluding hydrogens is 246 g/mol. The van der Waals surface area contributed by atoms with E-state index in [0.717, 1.165) is 0 Å². The van der Waals surface area contributed by atoms with Gasteiger partial charge in [0.05, 0.1) is 0 Å². The van der Waals surface area contributed by atoms with Crippen LogP contribution in [0, 0.1) is 11.8 Å². The fraction of sp³-hybridized carbons (Fsp3) is 0.786. The third-order valence-corrected chi connectivity index (χ3v) is 3.78. The standard InChI is InChI=1S/C14H23NO4/c1-10(2)11(6-7-14(18)19)8-9-15-12(16)4-3-5-13(15)17/h10-11H,3-9H2,1-2H3,(H,18,19). The molecule has 1 fully saturated rings. The number of hydrogen-bond donors (Lipinski definition) is 1. The van der Waals surface area contributed by atoms with Crippen molar-refractivity contribution in [2.24, 2.45) is 11.8 Å². The fourth-order valence-corrected chi connectivity index (χ4v) is 2.46. The van der Waals surface area contributed by atoms with Crippen LogP contribution >= 0.6 is 0 Å². The quantitative estimate of drug-likeness (QED) is 0.718. The highest BCUT2D eigenvalue weighted by molar-refractivity contribution is 5.97. The van der Waals surface area contributed by atoms with Gasteiger partial charge in [-0.25, -0.2) is 0 Å². The van der Waals surface area contributed by atoms with Crippen molar-refractivity contribution in [3.63, 3.8) is 0 Å². The summed E-state index contributed by atoms with van der Waals surface area (Å²) in [6.07, 6.45) is 3.00. The minimum Gasteiger partial charge on any atom is -0.481 e. The molecular formula is C14H23NO4. The topological polar surface area (TPSA) is 74.7 Å². The van der Waals surface area contributed by atoms with Crippen LogP contribution in [0.3, 0.4) is 0 Å². The Morgan fingerprint density at radius 1 is 1.21 bits per heavy atom. The first-order chi connectivity index (χ1) is 8.91. The van der Waals surface area contributed by atoms with E-state index in [-0.39, 0.29) is 24.2 Å². The summed E-state index contributed by atoms with van der Waals surface area (Å²) in [7, 11) is 0. The number of carboxylic acid groups (broad SMARTS) is 1. The van der Waals surface area contributed by atoms with E-state index in [4.69, 9.17) is 5.11 Å². The van der Waals surface area contributed by atoms with Gasteiger partial charge in [0.25, 0.3) is 0 Å². The lowest BCUT2D eigenvalue weighted by molar-refractivity contribution is -0.148. The minimum atomic E-state index is -0.796. The first-order valence-corrected chi connectivity index (χ1v) is 6.96. The summed E-state index contributed by atoms with van der Waals surface area (Å²) in [6.45, 7) is 4.53. The Hall–Kier alpha value is -1.39. The van der Waals surface area contributed by atoms with Gasteiger partial charge in [-0.1, -0.05) is 13.8 Å². The van der Waals surface area contributed by atoms with Crippen molar-refractivity contribution in [2.45, 2.75) is 52.4 Å². The molecule has 0 radical (unpaired) electrons. The van der Waals surface area contributed by atoms with Gasteiger partial charge in [0.1, 0.15) is 0 Å². The van der Waals surface area contributed by atoms with Crippen LogP contribution in [0.1, 0.15) is 52.4 Å². The Morgan fingerprint density at radius 3 is 2.26 bits per heavy atom. The van der Waals surface area contributed by atoms with Crippen molar-refractivity contribution in [2.75, 3.05) is 6.54 Å². The lowest BCUT2D eigenvalue weighted by Crippen LogP contribution is -2.41. The predicted molar refractivity (Wildman–Crippen MR) is 70.4 cm³/mol. The maximum absolute atomic E-state index is 11.7. The van der Waals surface area contributed by atoms with Gasteiger partial charge in [-0.05, 0) is 31.1 Å². The molecule has 1 aliphatic rings. The molecule has 1 saturated heterocycles. The summed E-state index contributed by atoms with van der Waals surface area (Å²) in [5, 5.41) is 8.73. The highest BCUT2D eigenvalue weighted by Crippen LogP contribution is 2.23. The van der Waals surface area contributed by atoms with Crippen LogP contribution in [0.4, 0.5) is 0 Å². The molecule has 5 nitrogen and oxygen atoms in total. The number of nitrogens with zero attached hydrogens (tertiary/aromatic N) is 1. The maximum atomic E-state index is 11.7. The highest BCUT2D eigenvalue weighted by Gasteiger charge is 2.26. The van der Waals surface area contributed by atoms with Crippen molar-refractivity contribution in [3.05, 3.63) is 0 Å². The Balaban J connectivity index is 2.48. The number of likely N-dealkylation sites (tertiary alicyclic amines) is 1. The van der Waals surface area contributed by atoms with E-state index in [9.17, 15) is 14.4 Å². The Labute approximate surface area is 114 Å². The van der Waals surface area contributed by atoms with Crippen LogP contribution in [0.25, 0.3) is 0 Å². The summed E-state index contributed by atoms with van der Waals surface area (Å²) in [4.78, 5) is 35.3. The SMILES string of the molecule is CC(C)C(CCC(=O)O)CCN1C(=O)CCCC1=O. The number of aliphatic carboxylic acids is 1. The number of carboxylic acids is 1. The van der Waals surface area contributed by atoms with Gasteiger partial charge in [0.2, 0.25) is 11.8 Å². The molecule has 1 aliphatic heterocycles. The first-order valence-electron chi connectivity index (χ1n) is 6.96. The van der Waals surface area contributed by atoms with Gasteiger partial charge in [0, 0.05) is 25.8 Å². The number of hydrogen-bond acceptors (Lipinski definition) is 3. The zero-order valence-electron chi connectivity index (χ0n) is 11.7. The number of rotatable bonds is 7. The van der Waals surface area contributed by atoms with Gasteiger partial charge in [-0.2, -0.15) is 0 Å². The van der Waals surface area contributed by atoms with Gasteiger partial charge in [-0.3, -0.25) is 19.3 Å². The average molecular weight is 269 g/mol. The summed E-state index contributed by atoms with van der Waals surface area (Å²) in [5.41, 5.74) is 0. The summed E-state index contributed by atoms with van der Waals surface area (Å²) >= 11 is 0. The zero-order chi connectivity index (χ0) is 14.4. The summed E-state index contributed by atoms with van der Waals surface area (Å²) in [5.74, 6) is -0.377. The monoisotopic (exact) mass is 269 g/mol. The van der Waals surface area contributed by atoms with Crippen molar-refractivity contribution in [1.29, 1.82) is 0 Å². The van der Waals surface area contributed by atoms with Crippen molar-refractivity contribution < 1.29 is 19.5 Å². The molecule has 0 aromatic heterocycles. The Bertz CT molecular complexity index is 335. The van der Waals surface area contributed by atoms with Crippen LogP contribution in [0.2, 0.25) is 0 Å². The third kappa shape index (κ3) is 5.01. The molecule has 0 bridgehead atoms. The molecule has 2 amide bonds. The van der Waals surface area contributed by atoms with Crippen molar-refractivity contribution in [1.82, 2.24) is 4.90 Å². The smallest absolute Gasteiger partial charge is 0.303 e. The number of piperidine rings is 1. The van der Waals surface area contributed by atoms with Gasteiger partial charge in [0.15, 0.2) is 0 Å². The number of carbonyl (C=O) groups is 3. The second kappa shape index (κ2) is 7.26. The van der Waals surface area contributed by atoms with Crippen molar-refractivity contribution in [3.8, 4) is 0 Å². The van der Waals surface area contributed by atoms with E-state index in [1.165, 1.54) is 4.90 Å². The van der Waals surface area contributed by atoms with E-state index in [1.807, 2.05) is 13.8 Å². The predicted octanol–water partition coefficient (Wildman–Crippen LogP) is 2.05. The molecule has 0 aliphatic carbocycles. The Kier molecular flexibility index (Phi) is 5.99. The van der Waals surface area contributed by atoms with Crippen LogP contribution in [-0.2, 0) is 14.4 Å². The lowest BCUT2D eigenvalue weighted by atomic mass is 9.88. The van der Waals surface area contributed by atoms with E-state index in [0.29, 0.717) is 44.6 Å². The first kappa shape index (κ1) is 15.7. The van der Waals surface area contributed by atoms with Crippen molar-refractivity contribution >= 4 is 17.8 Å². The Morgan fingerprint density at radius 2 is 1.79 bits per heavy atom. The molecule has 5 heteroatoms. The molecule has 1 rings (SSSR count). The molecule has 1 N–H and O–H groups in total. The van der Waals surface area contributed by atoms with Gasteiger partial charge >= 0.3 is 5.97 Å². The molecule has 0 aromatic rings. The zero-order valence-corrected chi connectivity index (χ0v) is 11.7. The molecule has 1 heterocycles. The normalized spacial score (nSPS) is 17.9. The number of carbonyl (C=O) groups excluding carboxylic acids is 2. The van der Waals surface area contributed by atoms with E-state index in [2.05, 4.69) is 0 Å². The molecule has 0 spiro atoms. The number of amides is 2. The molecule has 108 valence electrons. The second-order valence-corrected chi connectivity index (χ2v) is 5.52. The molecule has 0 aromatic carbocycles. The third-order valence-electron chi connectivity index (χ3n) is 3.78.